The number of carbonyl (C=O) groups is 3. The van der Waals surface area contributed by atoms with Crippen LogP contribution in [-0.4, -0.2) is 93.7 Å². The molecule has 4 rings (SSSR count). The van der Waals surface area contributed by atoms with Crippen LogP contribution in [0.25, 0.3) is 10.8 Å². The average Bonchev–Trinajstić information content (AvgIpc) is 3.55. The highest BCUT2D eigenvalue weighted by molar-refractivity contribution is 5.92. The highest BCUT2D eigenvalue weighted by atomic mass is 16.5. The van der Waals surface area contributed by atoms with Gasteiger partial charge in [0.15, 0.2) is 0 Å². The van der Waals surface area contributed by atoms with E-state index in [0.717, 1.165) is 41.3 Å². The lowest BCUT2D eigenvalue weighted by Crippen LogP contribution is -2.56. The summed E-state index contributed by atoms with van der Waals surface area (Å²) >= 11 is 0. The Morgan fingerprint density at radius 2 is 1.62 bits per heavy atom. The van der Waals surface area contributed by atoms with Gasteiger partial charge in [-0.15, -0.1) is 0 Å². The van der Waals surface area contributed by atoms with E-state index >= 15 is 0 Å². The molecular weight excluding hydrogens is 532 g/mol. The fraction of sp³-hybridized carbons (Fsp3) is 0.424. The molecule has 1 fully saturated rings. The Bertz CT molecular complexity index is 1360. The van der Waals surface area contributed by atoms with Crippen molar-refractivity contribution < 1.29 is 23.9 Å². The second-order valence-electron chi connectivity index (χ2n) is 10.8. The SMILES string of the molecule is CNC(=O)[C@@H](Cc1ccc(OC)cc1)N(C)C(=O)[C@@H](Cc1ccc2ccccc2c1)N(C)C(=O)COC[C@@H]1CCCN1. The number of benzene rings is 3. The van der Waals surface area contributed by atoms with E-state index in [0.29, 0.717) is 25.2 Å². The van der Waals surface area contributed by atoms with Gasteiger partial charge in [-0.05, 0) is 53.4 Å². The van der Waals surface area contributed by atoms with Gasteiger partial charge >= 0.3 is 0 Å². The Hall–Kier alpha value is -3.95. The monoisotopic (exact) mass is 574 g/mol. The van der Waals surface area contributed by atoms with E-state index in [4.69, 9.17) is 9.47 Å². The number of methoxy groups -OCH3 is 1. The zero-order valence-electron chi connectivity index (χ0n) is 25.0. The number of ether oxygens (including phenoxy) is 2. The highest BCUT2D eigenvalue weighted by Crippen LogP contribution is 2.21. The van der Waals surface area contributed by atoms with Gasteiger partial charge in [0.05, 0.1) is 13.7 Å². The summed E-state index contributed by atoms with van der Waals surface area (Å²) in [5, 5.41) is 8.21. The molecule has 3 atom stereocenters. The van der Waals surface area contributed by atoms with Crippen LogP contribution in [0.3, 0.4) is 0 Å². The third-order valence-corrected chi connectivity index (χ3v) is 8.05. The van der Waals surface area contributed by atoms with Crippen LogP contribution in [0, 0.1) is 0 Å². The summed E-state index contributed by atoms with van der Waals surface area (Å²) in [6, 6.07) is 20.1. The van der Waals surface area contributed by atoms with Crippen LogP contribution in [0.4, 0.5) is 0 Å². The quantitative estimate of drug-likeness (QED) is 0.326. The Labute approximate surface area is 248 Å². The number of amides is 3. The zero-order valence-corrected chi connectivity index (χ0v) is 25.0. The topological polar surface area (TPSA) is 100 Å². The molecule has 0 spiro atoms. The van der Waals surface area contributed by atoms with E-state index in [9.17, 15) is 14.4 Å². The maximum Gasteiger partial charge on any atom is 0.249 e. The first kappa shape index (κ1) is 31.0. The molecule has 3 aromatic rings. The maximum atomic E-state index is 14.2. The van der Waals surface area contributed by atoms with Crippen molar-refractivity contribution in [1.82, 2.24) is 20.4 Å². The molecule has 3 amide bonds. The first-order valence-corrected chi connectivity index (χ1v) is 14.5. The fourth-order valence-corrected chi connectivity index (χ4v) is 5.39. The van der Waals surface area contributed by atoms with Gasteiger partial charge in [-0.25, -0.2) is 0 Å². The van der Waals surface area contributed by atoms with Crippen LogP contribution in [0.2, 0.25) is 0 Å². The molecule has 1 saturated heterocycles. The zero-order chi connectivity index (χ0) is 30.1. The molecular formula is C33H42N4O5. The number of fused-ring (bicyclic) bond motifs is 1. The summed E-state index contributed by atoms with van der Waals surface area (Å²) in [4.78, 5) is 43.5. The standard InChI is InChI=1S/C33H42N4O5/c1-34-32(39)29(19-23-12-15-28(41-4)16-13-23)37(3)33(40)30(20-24-11-14-25-8-5-6-9-26(25)18-24)36(2)31(38)22-42-21-27-10-7-17-35-27/h5-6,8-9,11-16,18,27,29-30,35H,7,10,17,19-22H2,1-4H3,(H,34,39)/t27-,29+,30+/m0/s1. The van der Waals surface area contributed by atoms with Crippen LogP contribution in [0.5, 0.6) is 5.75 Å². The summed E-state index contributed by atoms with van der Waals surface area (Å²) in [5.41, 5.74) is 1.80. The summed E-state index contributed by atoms with van der Waals surface area (Å²) in [6.45, 7) is 1.29. The lowest BCUT2D eigenvalue weighted by atomic mass is 9.98. The molecule has 9 heteroatoms. The molecule has 1 aliphatic rings. The average molecular weight is 575 g/mol. The molecule has 0 unspecified atom stereocenters. The van der Waals surface area contributed by atoms with E-state index in [2.05, 4.69) is 10.6 Å². The van der Waals surface area contributed by atoms with Crippen LogP contribution in [-0.2, 0) is 32.0 Å². The molecule has 224 valence electrons. The van der Waals surface area contributed by atoms with Gasteiger partial charge < -0.3 is 29.9 Å². The Morgan fingerprint density at radius 1 is 0.929 bits per heavy atom. The van der Waals surface area contributed by atoms with E-state index in [1.54, 1.807) is 28.3 Å². The number of likely N-dealkylation sites (N-methyl/N-ethyl adjacent to an activating group) is 3. The number of hydrogen-bond donors (Lipinski definition) is 2. The van der Waals surface area contributed by atoms with Gasteiger partial charge in [-0.1, -0.05) is 54.6 Å². The Morgan fingerprint density at radius 3 is 2.29 bits per heavy atom. The predicted octanol–water partition coefficient (Wildman–Crippen LogP) is 2.80. The van der Waals surface area contributed by atoms with E-state index < -0.39 is 12.1 Å². The molecule has 9 nitrogen and oxygen atoms in total. The van der Waals surface area contributed by atoms with Crippen molar-refractivity contribution in [3.63, 3.8) is 0 Å². The molecule has 2 N–H and O–H groups in total. The maximum absolute atomic E-state index is 14.2. The first-order chi connectivity index (χ1) is 20.3. The smallest absolute Gasteiger partial charge is 0.249 e. The molecule has 42 heavy (non-hydrogen) atoms. The Kier molecular flexibility index (Phi) is 10.9. The lowest BCUT2D eigenvalue weighted by Gasteiger charge is -2.34. The van der Waals surface area contributed by atoms with Gasteiger partial charge in [0, 0.05) is 40.0 Å². The molecule has 0 aliphatic carbocycles. The summed E-state index contributed by atoms with van der Waals surface area (Å²) in [7, 11) is 6.41. The minimum Gasteiger partial charge on any atom is -0.497 e. The molecule has 1 aliphatic heterocycles. The fourth-order valence-electron chi connectivity index (χ4n) is 5.39. The van der Waals surface area contributed by atoms with Crippen molar-refractivity contribution in [3.05, 3.63) is 77.9 Å². The van der Waals surface area contributed by atoms with Crippen LogP contribution < -0.4 is 15.4 Å². The molecule has 0 radical (unpaired) electrons. The Balaban J connectivity index is 1.56. The lowest BCUT2D eigenvalue weighted by molar-refractivity contribution is -0.149. The van der Waals surface area contributed by atoms with Crippen molar-refractivity contribution in [1.29, 1.82) is 0 Å². The summed E-state index contributed by atoms with van der Waals surface area (Å²) in [6.07, 6.45) is 2.72. The number of hydrogen-bond acceptors (Lipinski definition) is 6. The molecule has 1 heterocycles. The van der Waals surface area contributed by atoms with Crippen molar-refractivity contribution in [2.75, 3.05) is 48.0 Å². The van der Waals surface area contributed by atoms with Crippen LogP contribution in [0.1, 0.15) is 24.0 Å². The number of nitrogens with one attached hydrogen (secondary N) is 2. The summed E-state index contributed by atoms with van der Waals surface area (Å²) < 4.78 is 11.0. The third kappa shape index (κ3) is 7.86. The van der Waals surface area contributed by atoms with Gasteiger partial charge in [0.25, 0.3) is 0 Å². The third-order valence-electron chi connectivity index (χ3n) is 8.05. The van der Waals surface area contributed by atoms with Crippen LogP contribution in [0.15, 0.2) is 66.7 Å². The number of carbonyl (C=O) groups excluding carboxylic acids is 3. The largest absolute Gasteiger partial charge is 0.497 e. The number of nitrogens with zero attached hydrogens (tertiary/aromatic N) is 2. The second-order valence-corrected chi connectivity index (χ2v) is 10.8. The van der Waals surface area contributed by atoms with Crippen molar-refractivity contribution >= 4 is 28.5 Å². The minimum atomic E-state index is -0.833. The molecule has 0 bridgehead atoms. The van der Waals surface area contributed by atoms with Crippen molar-refractivity contribution in [3.8, 4) is 5.75 Å². The van der Waals surface area contributed by atoms with Gasteiger partial charge in [-0.2, -0.15) is 0 Å². The van der Waals surface area contributed by atoms with Crippen LogP contribution >= 0.6 is 0 Å². The first-order valence-electron chi connectivity index (χ1n) is 14.5. The van der Waals surface area contributed by atoms with E-state index in [-0.39, 0.29) is 30.4 Å². The van der Waals surface area contributed by atoms with Crippen molar-refractivity contribution in [2.24, 2.45) is 0 Å². The normalized spacial score (nSPS) is 16.0. The van der Waals surface area contributed by atoms with E-state index in [1.807, 2.05) is 66.7 Å². The van der Waals surface area contributed by atoms with Crippen molar-refractivity contribution in [2.45, 2.75) is 43.8 Å². The minimum absolute atomic E-state index is 0.120. The summed E-state index contributed by atoms with van der Waals surface area (Å²) in [5.74, 6) is -0.181. The number of rotatable bonds is 13. The molecule has 3 aromatic carbocycles. The highest BCUT2D eigenvalue weighted by Gasteiger charge is 2.35. The van der Waals surface area contributed by atoms with Gasteiger partial charge in [0.1, 0.15) is 24.4 Å². The molecule has 0 aromatic heterocycles. The van der Waals surface area contributed by atoms with E-state index in [1.165, 1.54) is 9.80 Å². The predicted molar refractivity (Wildman–Crippen MR) is 163 cm³/mol. The van der Waals surface area contributed by atoms with Gasteiger partial charge in [-0.3, -0.25) is 14.4 Å². The second kappa shape index (κ2) is 14.8. The molecule has 0 saturated carbocycles. The van der Waals surface area contributed by atoms with Gasteiger partial charge in [0.2, 0.25) is 17.7 Å².